The normalized spacial score (nSPS) is 10.7. The minimum Gasteiger partial charge on any atom is -0.460 e. The zero-order valence-electron chi connectivity index (χ0n) is 13.1. The quantitative estimate of drug-likeness (QED) is 0.722. The first-order chi connectivity index (χ1) is 12.0. The van der Waals surface area contributed by atoms with Crippen LogP contribution in [0.3, 0.4) is 0 Å². The number of halogens is 2. The highest BCUT2D eigenvalue weighted by Gasteiger charge is 2.25. The number of carbonyl (C=O) groups is 2. The van der Waals surface area contributed by atoms with E-state index in [1.807, 2.05) is 0 Å². The zero-order valence-corrected chi connectivity index (χ0v) is 13.1. The number of esters is 1. The van der Waals surface area contributed by atoms with Crippen molar-refractivity contribution in [3.05, 3.63) is 65.4 Å². The maximum atomic E-state index is 13.8. The van der Waals surface area contributed by atoms with E-state index in [1.54, 1.807) is 31.2 Å². The van der Waals surface area contributed by atoms with Crippen LogP contribution in [0.5, 0.6) is 0 Å². The fraction of sp³-hybridized carbons (Fsp3) is 0.111. The highest BCUT2D eigenvalue weighted by molar-refractivity contribution is 6.13. The minimum atomic E-state index is -1.03. The van der Waals surface area contributed by atoms with E-state index < -0.39 is 29.1 Å². The lowest BCUT2D eigenvalue weighted by atomic mass is 10.1. The van der Waals surface area contributed by atoms with Crippen molar-refractivity contribution in [3.8, 4) is 0 Å². The minimum absolute atomic E-state index is 0.00158. The second-order valence-electron chi connectivity index (χ2n) is 5.07. The van der Waals surface area contributed by atoms with Crippen molar-refractivity contribution in [2.75, 3.05) is 11.9 Å². The van der Waals surface area contributed by atoms with Crippen molar-refractivity contribution < 1.29 is 27.5 Å². The molecule has 0 spiro atoms. The van der Waals surface area contributed by atoms with E-state index in [4.69, 9.17) is 9.15 Å². The van der Waals surface area contributed by atoms with Gasteiger partial charge in [-0.2, -0.15) is 0 Å². The summed E-state index contributed by atoms with van der Waals surface area (Å²) >= 11 is 0. The molecule has 0 bridgehead atoms. The molecule has 1 heterocycles. The number of nitrogens with one attached hydrogen (secondary N) is 1. The van der Waals surface area contributed by atoms with E-state index in [-0.39, 0.29) is 18.1 Å². The van der Waals surface area contributed by atoms with E-state index in [9.17, 15) is 18.4 Å². The molecule has 25 heavy (non-hydrogen) atoms. The first kappa shape index (κ1) is 16.6. The molecule has 3 rings (SSSR count). The molecule has 0 aliphatic rings. The van der Waals surface area contributed by atoms with Crippen LogP contribution in [0.1, 0.15) is 27.8 Å². The molecule has 1 amide bonds. The number of hydrogen-bond donors (Lipinski definition) is 1. The lowest BCUT2D eigenvalue weighted by Gasteiger charge is -2.07. The number of benzene rings is 2. The average molecular weight is 345 g/mol. The molecule has 2 aromatic carbocycles. The van der Waals surface area contributed by atoms with Gasteiger partial charge in [0.25, 0.3) is 5.91 Å². The van der Waals surface area contributed by atoms with E-state index in [0.29, 0.717) is 11.0 Å². The Morgan fingerprint density at radius 3 is 2.44 bits per heavy atom. The Morgan fingerprint density at radius 1 is 1.08 bits per heavy atom. The van der Waals surface area contributed by atoms with Gasteiger partial charge in [-0.25, -0.2) is 13.6 Å². The molecule has 7 heteroatoms. The molecular weight excluding hydrogens is 332 g/mol. The summed E-state index contributed by atoms with van der Waals surface area (Å²) in [5.74, 6) is -4.09. The van der Waals surface area contributed by atoms with E-state index >= 15 is 0 Å². The number of anilines is 1. The van der Waals surface area contributed by atoms with Crippen LogP contribution in [0.2, 0.25) is 0 Å². The smallest absolute Gasteiger partial charge is 0.376 e. The fourth-order valence-corrected chi connectivity index (χ4v) is 2.40. The summed E-state index contributed by atoms with van der Waals surface area (Å²) in [5.41, 5.74) is -0.417. The summed E-state index contributed by atoms with van der Waals surface area (Å²) in [7, 11) is 0. The van der Waals surface area contributed by atoms with E-state index in [1.165, 1.54) is 0 Å². The van der Waals surface area contributed by atoms with E-state index in [2.05, 4.69) is 5.32 Å². The number of amides is 1. The Bertz CT molecular complexity index is 945. The molecular formula is C18H13F2NO4. The Morgan fingerprint density at radius 2 is 1.76 bits per heavy atom. The molecule has 0 saturated heterocycles. The van der Waals surface area contributed by atoms with Crippen LogP contribution in [0, 0.1) is 11.6 Å². The number of para-hydroxylation sites is 1. The van der Waals surface area contributed by atoms with Crippen molar-refractivity contribution in [3.63, 3.8) is 0 Å². The van der Waals surface area contributed by atoms with Crippen molar-refractivity contribution in [2.24, 2.45) is 0 Å². The summed E-state index contributed by atoms with van der Waals surface area (Å²) in [5, 5.41) is 2.77. The standard InChI is InChI=1S/C18H13F2NO4/c1-2-24-18(23)16-15(10-6-3-4-9-13(10)25-16)21-17(22)14-11(19)7-5-8-12(14)20/h3-9H,2H2,1H3,(H,21,22). The van der Waals surface area contributed by atoms with Crippen LogP contribution < -0.4 is 5.32 Å². The number of hydrogen-bond acceptors (Lipinski definition) is 4. The average Bonchev–Trinajstić information content (AvgIpc) is 2.94. The molecule has 5 nitrogen and oxygen atoms in total. The van der Waals surface area contributed by atoms with E-state index in [0.717, 1.165) is 18.2 Å². The molecule has 0 aliphatic carbocycles. The van der Waals surface area contributed by atoms with Gasteiger partial charge in [-0.3, -0.25) is 4.79 Å². The third kappa shape index (κ3) is 3.08. The van der Waals surface area contributed by atoms with Crippen LogP contribution in [0.25, 0.3) is 11.0 Å². The van der Waals surface area contributed by atoms with Crippen molar-refractivity contribution in [1.82, 2.24) is 0 Å². The summed E-state index contributed by atoms with van der Waals surface area (Å²) in [6.07, 6.45) is 0. The van der Waals surface area contributed by atoms with Gasteiger partial charge in [0, 0.05) is 5.39 Å². The SMILES string of the molecule is CCOC(=O)c1oc2ccccc2c1NC(=O)c1c(F)cccc1F. The summed E-state index contributed by atoms with van der Waals surface area (Å²) in [6, 6.07) is 9.65. The largest absolute Gasteiger partial charge is 0.460 e. The van der Waals surface area contributed by atoms with Crippen LogP contribution >= 0.6 is 0 Å². The molecule has 3 aromatic rings. The van der Waals surface area contributed by atoms with Crippen LogP contribution in [0.15, 0.2) is 46.9 Å². The van der Waals surface area contributed by atoms with Gasteiger partial charge in [0.1, 0.15) is 28.5 Å². The fourth-order valence-electron chi connectivity index (χ4n) is 2.40. The van der Waals surface area contributed by atoms with Gasteiger partial charge in [-0.1, -0.05) is 18.2 Å². The number of fused-ring (bicyclic) bond motifs is 1. The molecule has 0 fully saturated rings. The predicted octanol–water partition coefficient (Wildman–Crippen LogP) is 4.14. The lowest BCUT2D eigenvalue weighted by Crippen LogP contribution is -2.17. The van der Waals surface area contributed by atoms with Crippen molar-refractivity contribution in [2.45, 2.75) is 6.92 Å². The predicted molar refractivity (Wildman–Crippen MR) is 86.5 cm³/mol. The zero-order chi connectivity index (χ0) is 18.0. The summed E-state index contributed by atoms with van der Waals surface area (Å²) < 4.78 is 37.9. The lowest BCUT2D eigenvalue weighted by molar-refractivity contribution is 0.0494. The Balaban J connectivity index is 2.07. The third-order valence-corrected chi connectivity index (χ3v) is 3.48. The van der Waals surface area contributed by atoms with Gasteiger partial charge in [-0.15, -0.1) is 0 Å². The maximum Gasteiger partial charge on any atom is 0.376 e. The topological polar surface area (TPSA) is 68.5 Å². The monoisotopic (exact) mass is 345 g/mol. The van der Waals surface area contributed by atoms with Gasteiger partial charge in [0.15, 0.2) is 0 Å². The number of carbonyl (C=O) groups excluding carboxylic acids is 2. The summed E-state index contributed by atoms with van der Waals surface area (Å²) in [4.78, 5) is 24.4. The first-order valence-corrected chi connectivity index (χ1v) is 7.47. The molecule has 0 atom stereocenters. The molecule has 0 unspecified atom stereocenters. The van der Waals surface area contributed by atoms with Gasteiger partial charge in [0.05, 0.1) is 6.61 Å². The maximum absolute atomic E-state index is 13.8. The number of furan rings is 1. The Hall–Kier alpha value is -3.22. The molecule has 0 radical (unpaired) electrons. The van der Waals surface area contributed by atoms with Gasteiger partial charge in [0.2, 0.25) is 5.76 Å². The second kappa shape index (κ2) is 6.72. The van der Waals surface area contributed by atoms with Crippen LogP contribution in [-0.2, 0) is 4.74 Å². The van der Waals surface area contributed by atoms with Crippen molar-refractivity contribution in [1.29, 1.82) is 0 Å². The molecule has 1 aromatic heterocycles. The Labute approximate surface area is 141 Å². The Kier molecular flexibility index (Phi) is 4.47. The van der Waals surface area contributed by atoms with Gasteiger partial charge in [-0.05, 0) is 31.2 Å². The third-order valence-electron chi connectivity index (χ3n) is 3.48. The molecule has 0 aliphatic heterocycles. The second-order valence-corrected chi connectivity index (χ2v) is 5.07. The molecule has 128 valence electrons. The highest BCUT2D eigenvalue weighted by Crippen LogP contribution is 2.32. The van der Waals surface area contributed by atoms with Gasteiger partial charge < -0.3 is 14.5 Å². The van der Waals surface area contributed by atoms with Crippen LogP contribution in [0.4, 0.5) is 14.5 Å². The molecule has 0 saturated carbocycles. The molecule has 1 N–H and O–H groups in total. The summed E-state index contributed by atoms with van der Waals surface area (Å²) in [6.45, 7) is 1.72. The number of rotatable bonds is 4. The highest BCUT2D eigenvalue weighted by atomic mass is 19.1. The van der Waals surface area contributed by atoms with Gasteiger partial charge >= 0.3 is 5.97 Å². The van der Waals surface area contributed by atoms with Crippen molar-refractivity contribution >= 4 is 28.5 Å². The first-order valence-electron chi connectivity index (χ1n) is 7.47. The van der Waals surface area contributed by atoms with Crippen LogP contribution in [-0.4, -0.2) is 18.5 Å². The number of ether oxygens (including phenoxy) is 1.